The molecular formula is C16H22O3. The zero-order valence-electron chi connectivity index (χ0n) is 11.9. The van der Waals surface area contributed by atoms with Gasteiger partial charge in [-0.05, 0) is 24.0 Å². The number of carboxylic acids is 1. The fourth-order valence-corrected chi connectivity index (χ4v) is 2.69. The Morgan fingerprint density at radius 3 is 2.63 bits per heavy atom. The first-order chi connectivity index (χ1) is 8.89. The van der Waals surface area contributed by atoms with E-state index in [0.717, 1.165) is 25.0 Å². The van der Waals surface area contributed by atoms with Gasteiger partial charge >= 0.3 is 5.97 Å². The molecular weight excluding hydrogens is 240 g/mol. The molecule has 0 saturated heterocycles. The molecule has 1 fully saturated rings. The number of aliphatic carboxylic acids is 1. The molecule has 3 heteroatoms. The standard InChI is InChI=1S/C16H22O3/c1-15(2,10-14(17)18)12-5-4-6-13(9-12)16(7-8-16)11-19-3/h4-6,9H,7-8,10-11H2,1-3H3,(H,17,18). The monoisotopic (exact) mass is 262 g/mol. The third-order valence-corrected chi connectivity index (χ3v) is 4.12. The zero-order valence-corrected chi connectivity index (χ0v) is 11.9. The molecule has 1 aliphatic carbocycles. The lowest BCUT2D eigenvalue weighted by Crippen LogP contribution is -2.23. The molecule has 19 heavy (non-hydrogen) atoms. The first-order valence-corrected chi connectivity index (χ1v) is 6.71. The summed E-state index contributed by atoms with van der Waals surface area (Å²) in [5.74, 6) is -0.756. The molecule has 0 amide bonds. The number of hydrogen-bond donors (Lipinski definition) is 1. The second-order valence-electron chi connectivity index (χ2n) is 6.25. The van der Waals surface area contributed by atoms with E-state index in [0.29, 0.717) is 0 Å². The van der Waals surface area contributed by atoms with E-state index in [1.54, 1.807) is 7.11 Å². The molecule has 0 aromatic heterocycles. The van der Waals surface area contributed by atoms with Crippen LogP contribution in [0.15, 0.2) is 24.3 Å². The molecule has 0 heterocycles. The number of hydrogen-bond acceptors (Lipinski definition) is 2. The number of benzene rings is 1. The van der Waals surface area contributed by atoms with Gasteiger partial charge in [-0.1, -0.05) is 38.1 Å². The van der Waals surface area contributed by atoms with Gasteiger partial charge in [0.1, 0.15) is 0 Å². The predicted molar refractivity (Wildman–Crippen MR) is 74.5 cm³/mol. The van der Waals surface area contributed by atoms with E-state index in [-0.39, 0.29) is 17.3 Å². The predicted octanol–water partition coefficient (Wildman–Crippen LogP) is 3.12. The van der Waals surface area contributed by atoms with Crippen LogP contribution in [0, 0.1) is 0 Å². The summed E-state index contributed by atoms with van der Waals surface area (Å²) < 4.78 is 5.32. The largest absolute Gasteiger partial charge is 0.481 e. The van der Waals surface area contributed by atoms with Gasteiger partial charge in [-0.25, -0.2) is 0 Å². The second-order valence-corrected chi connectivity index (χ2v) is 6.25. The third kappa shape index (κ3) is 2.98. The van der Waals surface area contributed by atoms with Gasteiger partial charge in [0, 0.05) is 17.9 Å². The van der Waals surface area contributed by atoms with E-state index in [1.165, 1.54) is 5.56 Å². The van der Waals surface area contributed by atoms with Crippen molar-refractivity contribution in [2.75, 3.05) is 13.7 Å². The quantitative estimate of drug-likeness (QED) is 0.856. The fraction of sp³-hybridized carbons (Fsp3) is 0.562. The summed E-state index contributed by atoms with van der Waals surface area (Å²) in [5.41, 5.74) is 2.20. The zero-order chi connectivity index (χ0) is 14.1. The van der Waals surface area contributed by atoms with Crippen molar-refractivity contribution in [1.29, 1.82) is 0 Å². The molecule has 1 aromatic rings. The van der Waals surface area contributed by atoms with Crippen LogP contribution in [0.5, 0.6) is 0 Å². The van der Waals surface area contributed by atoms with Crippen molar-refractivity contribution in [3.63, 3.8) is 0 Å². The first kappa shape index (κ1) is 14.1. The highest BCUT2D eigenvalue weighted by Gasteiger charge is 2.44. The molecule has 0 atom stereocenters. The molecule has 0 unspecified atom stereocenters. The smallest absolute Gasteiger partial charge is 0.304 e. The van der Waals surface area contributed by atoms with Crippen LogP contribution in [0.4, 0.5) is 0 Å². The maximum atomic E-state index is 11.0. The first-order valence-electron chi connectivity index (χ1n) is 6.71. The van der Waals surface area contributed by atoms with Crippen LogP contribution in [0.3, 0.4) is 0 Å². The number of carbonyl (C=O) groups is 1. The SMILES string of the molecule is COCC1(c2cccc(C(C)(C)CC(=O)O)c2)CC1. The minimum Gasteiger partial charge on any atom is -0.481 e. The minimum absolute atomic E-state index is 0.147. The molecule has 2 rings (SSSR count). The summed E-state index contributed by atoms with van der Waals surface area (Å²) in [6, 6.07) is 8.35. The Kier molecular flexibility index (Phi) is 3.68. The van der Waals surface area contributed by atoms with Crippen LogP contribution >= 0.6 is 0 Å². The van der Waals surface area contributed by atoms with Crippen molar-refractivity contribution in [1.82, 2.24) is 0 Å². The Morgan fingerprint density at radius 2 is 2.11 bits per heavy atom. The molecule has 3 nitrogen and oxygen atoms in total. The Bertz CT molecular complexity index is 473. The lowest BCUT2D eigenvalue weighted by Gasteiger charge is -2.25. The topological polar surface area (TPSA) is 46.5 Å². The normalized spacial score (nSPS) is 17.2. The van der Waals surface area contributed by atoms with Crippen molar-refractivity contribution in [2.45, 2.75) is 43.9 Å². The number of carboxylic acid groups (broad SMARTS) is 1. The maximum absolute atomic E-state index is 11.0. The van der Waals surface area contributed by atoms with Gasteiger partial charge in [0.05, 0.1) is 13.0 Å². The molecule has 0 spiro atoms. The highest BCUT2D eigenvalue weighted by Crippen LogP contribution is 2.49. The average molecular weight is 262 g/mol. The van der Waals surface area contributed by atoms with Crippen LogP contribution in [0.2, 0.25) is 0 Å². The number of methoxy groups -OCH3 is 1. The fourth-order valence-electron chi connectivity index (χ4n) is 2.69. The summed E-state index contributed by atoms with van der Waals surface area (Å²) in [5, 5.41) is 9.02. The van der Waals surface area contributed by atoms with Crippen molar-refractivity contribution in [3.8, 4) is 0 Å². The third-order valence-electron chi connectivity index (χ3n) is 4.12. The minimum atomic E-state index is -0.756. The maximum Gasteiger partial charge on any atom is 0.304 e. The Balaban J connectivity index is 2.27. The second kappa shape index (κ2) is 4.97. The van der Waals surface area contributed by atoms with E-state index in [2.05, 4.69) is 12.1 Å². The van der Waals surface area contributed by atoms with Crippen LogP contribution in [-0.2, 0) is 20.4 Å². The van der Waals surface area contributed by atoms with E-state index in [1.807, 2.05) is 26.0 Å². The number of rotatable bonds is 6. The van der Waals surface area contributed by atoms with E-state index >= 15 is 0 Å². The molecule has 0 aliphatic heterocycles. The van der Waals surface area contributed by atoms with Gasteiger partial charge in [0.2, 0.25) is 0 Å². The highest BCUT2D eigenvalue weighted by molar-refractivity contribution is 5.69. The Labute approximate surface area is 114 Å². The van der Waals surface area contributed by atoms with Gasteiger partial charge in [-0.2, -0.15) is 0 Å². The summed E-state index contributed by atoms with van der Waals surface area (Å²) in [6.45, 7) is 4.71. The number of ether oxygens (including phenoxy) is 1. The summed E-state index contributed by atoms with van der Waals surface area (Å²) in [6.07, 6.45) is 2.46. The molecule has 0 bridgehead atoms. The lowest BCUT2D eigenvalue weighted by molar-refractivity contribution is -0.138. The van der Waals surface area contributed by atoms with Crippen LogP contribution < -0.4 is 0 Å². The van der Waals surface area contributed by atoms with Crippen molar-refractivity contribution in [2.24, 2.45) is 0 Å². The van der Waals surface area contributed by atoms with Gasteiger partial charge in [0.15, 0.2) is 0 Å². The molecule has 1 aliphatic rings. The summed E-state index contributed by atoms with van der Waals surface area (Å²) >= 11 is 0. The lowest BCUT2D eigenvalue weighted by atomic mass is 9.79. The van der Waals surface area contributed by atoms with E-state index < -0.39 is 5.97 Å². The average Bonchev–Trinajstić information content (AvgIpc) is 3.09. The van der Waals surface area contributed by atoms with Gasteiger partial charge in [-0.3, -0.25) is 4.79 Å². The summed E-state index contributed by atoms with van der Waals surface area (Å²) in [4.78, 5) is 11.0. The Hall–Kier alpha value is -1.35. The van der Waals surface area contributed by atoms with Gasteiger partial charge in [-0.15, -0.1) is 0 Å². The van der Waals surface area contributed by atoms with Gasteiger partial charge in [0.25, 0.3) is 0 Å². The van der Waals surface area contributed by atoms with Crippen LogP contribution in [0.25, 0.3) is 0 Å². The van der Waals surface area contributed by atoms with Crippen molar-refractivity contribution >= 4 is 5.97 Å². The molecule has 1 N–H and O–H groups in total. The molecule has 0 radical (unpaired) electrons. The van der Waals surface area contributed by atoms with E-state index in [4.69, 9.17) is 9.84 Å². The Morgan fingerprint density at radius 1 is 1.42 bits per heavy atom. The molecule has 1 aromatic carbocycles. The highest BCUT2D eigenvalue weighted by atomic mass is 16.5. The van der Waals surface area contributed by atoms with Gasteiger partial charge < -0.3 is 9.84 Å². The van der Waals surface area contributed by atoms with Crippen molar-refractivity contribution < 1.29 is 14.6 Å². The van der Waals surface area contributed by atoms with Crippen molar-refractivity contribution in [3.05, 3.63) is 35.4 Å². The van der Waals surface area contributed by atoms with Crippen LogP contribution in [0.1, 0.15) is 44.2 Å². The molecule has 1 saturated carbocycles. The summed E-state index contributed by atoms with van der Waals surface area (Å²) in [7, 11) is 1.73. The molecule has 104 valence electrons. The van der Waals surface area contributed by atoms with E-state index in [9.17, 15) is 4.79 Å². The van der Waals surface area contributed by atoms with Crippen LogP contribution in [-0.4, -0.2) is 24.8 Å².